The van der Waals surface area contributed by atoms with Crippen LogP contribution in [-0.2, 0) is 0 Å². The molecule has 1 aliphatic heterocycles. The van der Waals surface area contributed by atoms with Gasteiger partial charge in [0.15, 0.2) is 0 Å². The van der Waals surface area contributed by atoms with Crippen molar-refractivity contribution in [3.63, 3.8) is 0 Å². The minimum Gasteiger partial charge on any atom is -0.457 e. The molecule has 6 nitrogen and oxygen atoms in total. The Kier molecular flexibility index (Phi) is 5.81. The average molecular weight is 452 g/mol. The summed E-state index contributed by atoms with van der Waals surface area (Å²) in [7, 11) is 0. The van der Waals surface area contributed by atoms with Crippen LogP contribution < -0.4 is 15.0 Å². The number of benzene rings is 2. The van der Waals surface area contributed by atoms with Gasteiger partial charge in [-0.2, -0.15) is 0 Å². The Morgan fingerprint density at radius 2 is 1.91 bits per heavy atom. The molecule has 0 saturated carbocycles. The van der Waals surface area contributed by atoms with Gasteiger partial charge in [0.25, 0.3) is 0 Å². The number of halogens is 2. The lowest BCUT2D eigenvalue weighted by atomic mass is 9.96. The number of nitrogens with zero attached hydrogens (tertiary/aromatic N) is 3. The maximum absolute atomic E-state index is 13.1. The molecule has 3 heterocycles. The second-order valence-corrected chi connectivity index (χ2v) is 8.36. The van der Waals surface area contributed by atoms with E-state index in [9.17, 15) is 4.39 Å². The highest BCUT2D eigenvalue weighted by molar-refractivity contribution is 6.36. The van der Waals surface area contributed by atoms with Gasteiger partial charge in [-0.1, -0.05) is 17.7 Å². The highest BCUT2D eigenvalue weighted by Crippen LogP contribution is 2.32. The van der Waals surface area contributed by atoms with Crippen LogP contribution in [0.15, 0.2) is 61.1 Å². The standard InChI is InChI=1S/C24H23ClFN5O/c25-21-14-28-23-22(21)24(30-15-29-23)31-10-8-16(9-11-31)13-27-18-2-1-3-20(12-18)32-19-6-4-17(26)5-7-19/h1-7,12,14-16,27H,8-11,13H2,(H,28,29,30). The number of H-pyrrole nitrogens is 1. The summed E-state index contributed by atoms with van der Waals surface area (Å²) in [4.78, 5) is 14.1. The molecule has 0 amide bonds. The Bertz CT molecular complexity index is 1200. The molecule has 32 heavy (non-hydrogen) atoms. The molecule has 2 aromatic heterocycles. The molecule has 4 aromatic rings. The number of fused-ring (bicyclic) bond motifs is 1. The highest BCUT2D eigenvalue weighted by Gasteiger charge is 2.23. The maximum atomic E-state index is 13.1. The number of hydrogen-bond donors (Lipinski definition) is 2. The summed E-state index contributed by atoms with van der Waals surface area (Å²) in [5.41, 5.74) is 1.77. The van der Waals surface area contributed by atoms with Gasteiger partial charge in [-0.05, 0) is 55.2 Å². The Labute approximate surface area is 190 Å². The first-order valence-corrected chi connectivity index (χ1v) is 11.0. The van der Waals surface area contributed by atoms with Gasteiger partial charge in [0.2, 0.25) is 0 Å². The van der Waals surface area contributed by atoms with E-state index in [1.165, 1.54) is 12.1 Å². The first-order valence-electron chi connectivity index (χ1n) is 10.7. The Balaban J connectivity index is 1.17. The van der Waals surface area contributed by atoms with Crippen LogP contribution in [0.4, 0.5) is 15.9 Å². The summed E-state index contributed by atoms with van der Waals surface area (Å²) in [6, 6.07) is 13.8. The number of hydrogen-bond acceptors (Lipinski definition) is 5. The van der Waals surface area contributed by atoms with Crippen LogP contribution in [0.2, 0.25) is 5.02 Å². The lowest BCUT2D eigenvalue weighted by Gasteiger charge is -2.33. The molecule has 2 N–H and O–H groups in total. The number of nitrogens with one attached hydrogen (secondary N) is 2. The lowest BCUT2D eigenvalue weighted by Crippen LogP contribution is -2.36. The summed E-state index contributed by atoms with van der Waals surface area (Å²) in [5.74, 6) is 2.51. The number of rotatable bonds is 6. The summed E-state index contributed by atoms with van der Waals surface area (Å²) < 4.78 is 18.9. The zero-order chi connectivity index (χ0) is 21.9. The number of aromatic amines is 1. The molecule has 2 aromatic carbocycles. The topological polar surface area (TPSA) is 66.1 Å². The van der Waals surface area contributed by atoms with Crippen LogP contribution in [0.5, 0.6) is 11.5 Å². The molecule has 0 atom stereocenters. The van der Waals surface area contributed by atoms with Gasteiger partial charge in [-0.25, -0.2) is 14.4 Å². The maximum Gasteiger partial charge on any atom is 0.144 e. The van der Waals surface area contributed by atoms with Crippen LogP contribution in [0.25, 0.3) is 11.0 Å². The van der Waals surface area contributed by atoms with Crippen molar-refractivity contribution in [2.75, 3.05) is 29.9 Å². The molecule has 1 fully saturated rings. The molecule has 0 spiro atoms. The van der Waals surface area contributed by atoms with E-state index in [0.717, 1.165) is 55.0 Å². The van der Waals surface area contributed by atoms with E-state index in [0.29, 0.717) is 22.4 Å². The number of anilines is 2. The van der Waals surface area contributed by atoms with Crippen molar-refractivity contribution in [3.8, 4) is 11.5 Å². The van der Waals surface area contributed by atoms with E-state index in [1.54, 1.807) is 24.7 Å². The SMILES string of the molecule is Fc1ccc(Oc2cccc(NCC3CCN(c4ncnc5[nH]cc(Cl)c45)CC3)c2)cc1. The van der Waals surface area contributed by atoms with Crippen molar-refractivity contribution in [2.24, 2.45) is 5.92 Å². The third-order valence-corrected chi connectivity index (χ3v) is 6.09. The Morgan fingerprint density at radius 1 is 1.09 bits per heavy atom. The van der Waals surface area contributed by atoms with Crippen molar-refractivity contribution < 1.29 is 9.13 Å². The molecule has 1 aliphatic rings. The summed E-state index contributed by atoms with van der Waals surface area (Å²) >= 11 is 6.34. The van der Waals surface area contributed by atoms with E-state index < -0.39 is 0 Å². The zero-order valence-corrected chi connectivity index (χ0v) is 18.1. The number of piperidine rings is 1. The van der Waals surface area contributed by atoms with Crippen LogP contribution in [-0.4, -0.2) is 34.6 Å². The number of aromatic nitrogens is 3. The van der Waals surface area contributed by atoms with Crippen molar-refractivity contribution in [1.82, 2.24) is 15.0 Å². The minimum absolute atomic E-state index is 0.279. The van der Waals surface area contributed by atoms with Gasteiger partial charge in [-0.15, -0.1) is 0 Å². The second kappa shape index (κ2) is 9.04. The quantitative estimate of drug-likeness (QED) is 0.383. The molecule has 164 valence electrons. The van der Waals surface area contributed by atoms with Gasteiger partial charge in [-0.3, -0.25) is 0 Å². The molecule has 0 radical (unpaired) electrons. The van der Waals surface area contributed by atoms with Crippen molar-refractivity contribution in [2.45, 2.75) is 12.8 Å². The third kappa shape index (κ3) is 4.48. The number of ether oxygens (including phenoxy) is 1. The smallest absolute Gasteiger partial charge is 0.144 e. The van der Waals surface area contributed by atoms with Gasteiger partial charge in [0.05, 0.1) is 10.4 Å². The van der Waals surface area contributed by atoms with Crippen molar-refractivity contribution in [3.05, 3.63) is 71.9 Å². The van der Waals surface area contributed by atoms with E-state index in [2.05, 4.69) is 25.2 Å². The molecule has 5 rings (SSSR count). The van der Waals surface area contributed by atoms with Gasteiger partial charge < -0.3 is 19.9 Å². The zero-order valence-electron chi connectivity index (χ0n) is 17.4. The Morgan fingerprint density at radius 3 is 2.72 bits per heavy atom. The molecule has 0 unspecified atom stereocenters. The fraction of sp³-hybridized carbons (Fsp3) is 0.250. The molecule has 1 saturated heterocycles. The molecular formula is C24H23ClFN5O. The first kappa shape index (κ1) is 20.6. The largest absolute Gasteiger partial charge is 0.457 e. The van der Waals surface area contributed by atoms with E-state index in [4.69, 9.17) is 16.3 Å². The van der Waals surface area contributed by atoms with Gasteiger partial charge in [0, 0.05) is 37.6 Å². The summed E-state index contributed by atoms with van der Waals surface area (Å²) in [6.07, 6.45) is 5.47. The summed E-state index contributed by atoms with van der Waals surface area (Å²) in [6.45, 7) is 2.74. The van der Waals surface area contributed by atoms with Crippen molar-refractivity contribution >= 4 is 34.1 Å². The van der Waals surface area contributed by atoms with Crippen LogP contribution >= 0.6 is 11.6 Å². The highest BCUT2D eigenvalue weighted by atomic mass is 35.5. The predicted molar refractivity (Wildman–Crippen MR) is 125 cm³/mol. The van der Waals surface area contributed by atoms with E-state index >= 15 is 0 Å². The van der Waals surface area contributed by atoms with E-state index in [1.807, 2.05) is 24.3 Å². The normalized spacial score (nSPS) is 14.6. The predicted octanol–water partition coefficient (Wildman–Crippen LogP) is 5.87. The van der Waals surface area contributed by atoms with Crippen LogP contribution in [0, 0.1) is 11.7 Å². The molecular weight excluding hydrogens is 429 g/mol. The fourth-order valence-corrected chi connectivity index (χ4v) is 4.30. The van der Waals surface area contributed by atoms with Gasteiger partial charge in [0.1, 0.15) is 35.1 Å². The summed E-state index contributed by atoms with van der Waals surface area (Å²) in [5, 5.41) is 5.08. The minimum atomic E-state index is -0.279. The van der Waals surface area contributed by atoms with Crippen LogP contribution in [0.1, 0.15) is 12.8 Å². The average Bonchev–Trinajstić information content (AvgIpc) is 3.21. The van der Waals surface area contributed by atoms with Crippen LogP contribution in [0.3, 0.4) is 0 Å². The second-order valence-electron chi connectivity index (χ2n) is 7.95. The first-order chi connectivity index (χ1) is 15.7. The van der Waals surface area contributed by atoms with E-state index in [-0.39, 0.29) is 5.82 Å². The Hall–Kier alpha value is -3.32. The van der Waals surface area contributed by atoms with Gasteiger partial charge >= 0.3 is 0 Å². The monoisotopic (exact) mass is 451 g/mol. The molecule has 8 heteroatoms. The fourth-order valence-electron chi connectivity index (χ4n) is 4.07. The van der Waals surface area contributed by atoms with Crippen molar-refractivity contribution in [1.29, 1.82) is 0 Å². The lowest BCUT2D eigenvalue weighted by molar-refractivity contribution is 0.422. The molecule has 0 bridgehead atoms. The molecule has 0 aliphatic carbocycles. The third-order valence-electron chi connectivity index (χ3n) is 5.79.